The fourth-order valence-corrected chi connectivity index (χ4v) is 3.13. The molecule has 0 fully saturated rings. The van der Waals surface area contributed by atoms with Gasteiger partial charge in [0, 0.05) is 17.5 Å². The second kappa shape index (κ2) is 8.98. The molecule has 0 bridgehead atoms. The first-order valence-electron chi connectivity index (χ1n) is 8.34. The van der Waals surface area contributed by atoms with Gasteiger partial charge >= 0.3 is 12.1 Å². The Morgan fingerprint density at radius 2 is 1.85 bits per heavy atom. The average molecular weight is 400 g/mol. The van der Waals surface area contributed by atoms with Gasteiger partial charge in [-0.15, -0.1) is 11.3 Å². The van der Waals surface area contributed by atoms with E-state index in [1.165, 1.54) is 28.4 Å². The Morgan fingerprint density at radius 1 is 1.19 bits per heavy atom. The summed E-state index contributed by atoms with van der Waals surface area (Å²) in [5, 5.41) is 2.10. The highest BCUT2D eigenvalue weighted by molar-refractivity contribution is 7.09. The summed E-state index contributed by atoms with van der Waals surface area (Å²) < 4.78 is 42.9. The lowest BCUT2D eigenvalue weighted by atomic mass is 10.1. The zero-order valence-corrected chi connectivity index (χ0v) is 15.7. The van der Waals surface area contributed by atoms with Crippen LogP contribution in [0.3, 0.4) is 0 Å². The summed E-state index contributed by atoms with van der Waals surface area (Å²) in [5.41, 5.74) is -0.464. The first-order chi connectivity index (χ1) is 12.8. The van der Waals surface area contributed by atoms with Crippen LogP contribution in [-0.2, 0) is 17.5 Å². The number of carbonyl (C=O) groups is 2. The summed E-state index contributed by atoms with van der Waals surface area (Å²) in [5.74, 6) is -0.922. The molecule has 1 aromatic heterocycles. The van der Waals surface area contributed by atoms with Crippen LogP contribution < -0.4 is 0 Å². The number of carbonyl (C=O) groups excluding carboxylic acids is 2. The SMILES string of the molecule is CCCN(Cc1nc(C(=O)OCC)cs1)C(=O)c1ccc(C(F)(F)F)cc1. The third-order valence-corrected chi connectivity index (χ3v) is 4.44. The molecule has 0 unspecified atom stereocenters. The summed E-state index contributed by atoms with van der Waals surface area (Å²) in [6.45, 7) is 4.39. The van der Waals surface area contributed by atoms with E-state index in [-0.39, 0.29) is 24.4 Å². The second-order valence-electron chi connectivity index (χ2n) is 5.65. The van der Waals surface area contributed by atoms with Crippen molar-refractivity contribution < 1.29 is 27.5 Å². The zero-order valence-electron chi connectivity index (χ0n) is 14.9. The van der Waals surface area contributed by atoms with Crippen molar-refractivity contribution in [2.24, 2.45) is 0 Å². The molecule has 1 heterocycles. The summed E-state index contributed by atoms with van der Waals surface area (Å²) in [6, 6.07) is 4.11. The lowest BCUT2D eigenvalue weighted by molar-refractivity contribution is -0.137. The number of halogens is 3. The molecule has 5 nitrogen and oxygen atoms in total. The van der Waals surface area contributed by atoms with Crippen LogP contribution in [0.2, 0.25) is 0 Å². The molecular weight excluding hydrogens is 381 g/mol. The molecule has 0 aliphatic carbocycles. The van der Waals surface area contributed by atoms with Crippen molar-refractivity contribution in [3.63, 3.8) is 0 Å². The Balaban J connectivity index is 2.14. The Hall–Kier alpha value is -2.42. The number of hydrogen-bond donors (Lipinski definition) is 0. The summed E-state index contributed by atoms with van der Waals surface area (Å²) in [4.78, 5) is 30.0. The van der Waals surface area contributed by atoms with Crippen LogP contribution in [0.5, 0.6) is 0 Å². The third kappa shape index (κ3) is 5.53. The van der Waals surface area contributed by atoms with E-state index in [4.69, 9.17) is 4.74 Å². The number of nitrogens with zero attached hydrogens (tertiary/aromatic N) is 2. The molecule has 2 aromatic rings. The molecule has 0 aliphatic heterocycles. The van der Waals surface area contributed by atoms with Crippen molar-refractivity contribution >= 4 is 23.2 Å². The topological polar surface area (TPSA) is 59.5 Å². The maximum absolute atomic E-state index is 12.7. The van der Waals surface area contributed by atoms with Gasteiger partial charge in [-0.25, -0.2) is 9.78 Å². The predicted molar refractivity (Wildman–Crippen MR) is 94.5 cm³/mol. The number of esters is 1. The molecule has 2 rings (SSSR count). The molecule has 0 N–H and O–H groups in total. The largest absolute Gasteiger partial charge is 0.461 e. The van der Waals surface area contributed by atoms with E-state index in [1.807, 2.05) is 6.92 Å². The van der Waals surface area contributed by atoms with E-state index in [9.17, 15) is 22.8 Å². The van der Waals surface area contributed by atoms with Crippen molar-refractivity contribution in [3.8, 4) is 0 Å². The van der Waals surface area contributed by atoms with Crippen molar-refractivity contribution in [2.45, 2.75) is 33.0 Å². The molecule has 0 aliphatic rings. The molecular formula is C18H19F3N2O3S. The highest BCUT2D eigenvalue weighted by Gasteiger charge is 2.30. The Bertz CT molecular complexity index is 788. The van der Waals surface area contributed by atoms with Gasteiger partial charge in [0.25, 0.3) is 5.91 Å². The van der Waals surface area contributed by atoms with E-state index in [1.54, 1.807) is 12.3 Å². The smallest absolute Gasteiger partial charge is 0.416 e. The quantitative estimate of drug-likeness (QED) is 0.647. The molecule has 0 saturated heterocycles. The van der Waals surface area contributed by atoms with Gasteiger partial charge in [-0.1, -0.05) is 6.92 Å². The molecule has 0 saturated carbocycles. The fourth-order valence-electron chi connectivity index (χ4n) is 2.35. The van der Waals surface area contributed by atoms with Gasteiger partial charge in [0.1, 0.15) is 5.01 Å². The minimum atomic E-state index is -4.45. The fraction of sp³-hybridized carbons (Fsp3) is 0.389. The number of thiazole rings is 1. The molecule has 0 atom stereocenters. The predicted octanol–water partition coefficient (Wildman–Crippen LogP) is 4.39. The van der Waals surface area contributed by atoms with E-state index in [0.717, 1.165) is 12.1 Å². The highest BCUT2D eigenvalue weighted by atomic mass is 32.1. The highest BCUT2D eigenvalue weighted by Crippen LogP contribution is 2.29. The van der Waals surface area contributed by atoms with E-state index >= 15 is 0 Å². The molecule has 146 valence electrons. The van der Waals surface area contributed by atoms with Crippen LogP contribution in [0.25, 0.3) is 0 Å². The van der Waals surface area contributed by atoms with E-state index < -0.39 is 23.6 Å². The van der Waals surface area contributed by atoms with Crippen LogP contribution in [-0.4, -0.2) is 34.9 Å². The van der Waals surface area contributed by atoms with Crippen LogP contribution in [0.4, 0.5) is 13.2 Å². The molecule has 1 amide bonds. The zero-order chi connectivity index (χ0) is 20.0. The number of hydrogen-bond acceptors (Lipinski definition) is 5. The number of benzene rings is 1. The lowest BCUT2D eigenvalue weighted by Gasteiger charge is -2.21. The third-order valence-electron chi connectivity index (χ3n) is 3.60. The standard InChI is InChI=1S/C18H19F3N2O3S/c1-3-9-23(10-15-22-14(11-27-15)17(25)26-4-2)16(24)12-5-7-13(8-6-12)18(19,20)21/h5-8,11H,3-4,9-10H2,1-2H3. The van der Waals surface area contributed by atoms with Crippen LogP contribution in [0, 0.1) is 0 Å². The summed E-state index contributed by atoms with van der Waals surface area (Å²) in [7, 11) is 0. The second-order valence-corrected chi connectivity index (χ2v) is 6.59. The van der Waals surface area contributed by atoms with Crippen LogP contribution in [0.15, 0.2) is 29.6 Å². The number of alkyl halides is 3. The summed E-state index contributed by atoms with van der Waals surface area (Å²) in [6.07, 6.45) is -3.78. The Morgan fingerprint density at radius 3 is 2.41 bits per heavy atom. The first kappa shape index (κ1) is 20.9. The average Bonchev–Trinajstić information content (AvgIpc) is 3.09. The van der Waals surface area contributed by atoms with Crippen LogP contribution in [0.1, 0.15) is 51.7 Å². The van der Waals surface area contributed by atoms with Crippen LogP contribution >= 0.6 is 11.3 Å². The van der Waals surface area contributed by atoms with Crippen molar-refractivity contribution in [1.29, 1.82) is 0 Å². The minimum absolute atomic E-state index is 0.164. The molecule has 1 aromatic carbocycles. The molecule has 9 heteroatoms. The van der Waals surface area contributed by atoms with Gasteiger partial charge in [-0.05, 0) is 37.6 Å². The maximum Gasteiger partial charge on any atom is 0.416 e. The number of aromatic nitrogens is 1. The van der Waals surface area contributed by atoms with Crippen molar-refractivity contribution in [3.05, 3.63) is 51.5 Å². The molecule has 0 spiro atoms. The van der Waals surface area contributed by atoms with Gasteiger partial charge in [0.15, 0.2) is 5.69 Å². The number of rotatable bonds is 7. The maximum atomic E-state index is 12.7. The minimum Gasteiger partial charge on any atom is -0.461 e. The Kier molecular flexibility index (Phi) is 6.95. The molecule has 27 heavy (non-hydrogen) atoms. The molecule has 0 radical (unpaired) electrons. The van der Waals surface area contributed by atoms with Crippen molar-refractivity contribution in [2.75, 3.05) is 13.2 Å². The number of amides is 1. The van der Waals surface area contributed by atoms with Gasteiger partial charge < -0.3 is 9.64 Å². The monoisotopic (exact) mass is 400 g/mol. The Labute approximate surface area is 158 Å². The lowest BCUT2D eigenvalue weighted by Crippen LogP contribution is -2.31. The number of ether oxygens (including phenoxy) is 1. The van der Waals surface area contributed by atoms with Crippen molar-refractivity contribution in [1.82, 2.24) is 9.88 Å². The van der Waals surface area contributed by atoms with Gasteiger partial charge in [-0.2, -0.15) is 13.2 Å². The van der Waals surface area contributed by atoms with E-state index in [2.05, 4.69) is 4.98 Å². The van der Waals surface area contributed by atoms with Gasteiger partial charge in [0.05, 0.1) is 18.7 Å². The first-order valence-corrected chi connectivity index (χ1v) is 9.22. The van der Waals surface area contributed by atoms with Gasteiger partial charge in [0.2, 0.25) is 0 Å². The van der Waals surface area contributed by atoms with E-state index in [0.29, 0.717) is 18.0 Å². The summed E-state index contributed by atoms with van der Waals surface area (Å²) >= 11 is 1.22. The van der Waals surface area contributed by atoms with Gasteiger partial charge in [-0.3, -0.25) is 4.79 Å². The normalized spacial score (nSPS) is 11.3.